The summed E-state index contributed by atoms with van der Waals surface area (Å²) in [7, 11) is -1.40. The van der Waals surface area contributed by atoms with Gasteiger partial charge in [0.05, 0.1) is 17.7 Å². The molecule has 3 aromatic rings. The summed E-state index contributed by atoms with van der Waals surface area (Å²) in [5, 5.41) is 2.53. The molecule has 0 aliphatic carbocycles. The smallest absolute Gasteiger partial charge is 0.264 e. The van der Waals surface area contributed by atoms with Crippen LogP contribution in [-0.4, -0.2) is 65.1 Å². The molecule has 40 heavy (non-hydrogen) atoms. The van der Waals surface area contributed by atoms with Crippen LogP contribution in [0.15, 0.2) is 71.6 Å². The number of ether oxygens (including phenoxy) is 3. The lowest BCUT2D eigenvalue weighted by atomic mass is 10.1. The van der Waals surface area contributed by atoms with Gasteiger partial charge >= 0.3 is 0 Å². The number of sulfonamides is 1. The predicted molar refractivity (Wildman–Crippen MR) is 145 cm³/mol. The lowest BCUT2D eigenvalue weighted by Gasteiger charge is -2.32. The molecule has 4 rings (SSSR count). The van der Waals surface area contributed by atoms with Crippen molar-refractivity contribution < 1.29 is 36.6 Å². The van der Waals surface area contributed by atoms with Gasteiger partial charge < -0.3 is 24.4 Å². The molecule has 0 radical (unpaired) electrons. The molecule has 0 unspecified atom stereocenters. The zero-order chi connectivity index (χ0) is 28.9. The van der Waals surface area contributed by atoms with Crippen LogP contribution in [0.4, 0.5) is 10.1 Å². The zero-order valence-electron chi connectivity index (χ0n) is 22.3. The summed E-state index contributed by atoms with van der Waals surface area (Å²) in [4.78, 5) is 27.5. The molecular weight excluding hydrogens is 541 g/mol. The Morgan fingerprint density at radius 3 is 2.40 bits per heavy atom. The Morgan fingerprint density at radius 2 is 1.73 bits per heavy atom. The van der Waals surface area contributed by atoms with Gasteiger partial charge in [0.25, 0.3) is 10.0 Å². The van der Waals surface area contributed by atoms with Crippen LogP contribution in [0.2, 0.25) is 0 Å². The highest BCUT2D eigenvalue weighted by atomic mass is 32.2. The Kier molecular flexibility index (Phi) is 8.78. The maximum absolute atomic E-state index is 13.9. The fourth-order valence-electron chi connectivity index (χ4n) is 4.21. The molecule has 212 valence electrons. The topological polar surface area (TPSA) is 114 Å². The van der Waals surface area contributed by atoms with E-state index in [2.05, 4.69) is 5.32 Å². The first kappa shape index (κ1) is 28.7. The van der Waals surface area contributed by atoms with Gasteiger partial charge in [0.15, 0.2) is 11.5 Å². The Hall–Kier alpha value is -4.32. The molecule has 1 heterocycles. The van der Waals surface area contributed by atoms with Crippen molar-refractivity contribution in [3.63, 3.8) is 0 Å². The molecule has 1 N–H and O–H groups in total. The van der Waals surface area contributed by atoms with Gasteiger partial charge in [0.1, 0.15) is 37.4 Å². The molecule has 0 spiro atoms. The number of likely N-dealkylation sites (N-methyl/N-ethyl adjacent to an activating group) is 1. The van der Waals surface area contributed by atoms with Crippen LogP contribution < -0.4 is 23.8 Å². The van der Waals surface area contributed by atoms with Crippen LogP contribution >= 0.6 is 0 Å². The van der Waals surface area contributed by atoms with Crippen LogP contribution in [0.25, 0.3) is 0 Å². The number of rotatable bonds is 10. The number of carbonyl (C=O) groups excluding carboxylic acids is 2. The van der Waals surface area contributed by atoms with Crippen molar-refractivity contribution in [1.29, 1.82) is 0 Å². The summed E-state index contributed by atoms with van der Waals surface area (Å²) in [5.74, 6) is -0.432. The van der Waals surface area contributed by atoms with Gasteiger partial charge in [-0.1, -0.05) is 12.1 Å². The minimum Gasteiger partial charge on any atom is -0.497 e. The summed E-state index contributed by atoms with van der Waals surface area (Å²) >= 11 is 0. The number of nitrogens with one attached hydrogen (secondary N) is 1. The molecule has 3 aromatic carbocycles. The van der Waals surface area contributed by atoms with Gasteiger partial charge in [-0.05, 0) is 61.0 Å². The molecule has 0 saturated heterocycles. The van der Waals surface area contributed by atoms with Crippen molar-refractivity contribution in [2.24, 2.45) is 0 Å². The van der Waals surface area contributed by atoms with Crippen molar-refractivity contribution in [2.45, 2.75) is 24.4 Å². The summed E-state index contributed by atoms with van der Waals surface area (Å²) in [6, 6.07) is 15.0. The maximum Gasteiger partial charge on any atom is 0.264 e. The van der Waals surface area contributed by atoms with Crippen molar-refractivity contribution in [3.05, 3.63) is 78.1 Å². The summed E-state index contributed by atoms with van der Waals surface area (Å²) in [5.41, 5.74) is 0.741. The maximum atomic E-state index is 13.9. The number of hydrogen-bond donors (Lipinski definition) is 1. The second-order valence-corrected chi connectivity index (χ2v) is 10.8. The number of methoxy groups -OCH3 is 1. The Morgan fingerprint density at radius 1 is 1.02 bits per heavy atom. The highest BCUT2D eigenvalue weighted by molar-refractivity contribution is 7.92. The minimum absolute atomic E-state index is 0.00590. The molecule has 2 amide bonds. The van der Waals surface area contributed by atoms with Crippen molar-refractivity contribution in [3.8, 4) is 17.2 Å². The van der Waals surface area contributed by atoms with Gasteiger partial charge in [-0.2, -0.15) is 0 Å². The third-order valence-corrected chi connectivity index (χ3v) is 8.17. The zero-order valence-corrected chi connectivity index (χ0v) is 23.1. The van der Waals surface area contributed by atoms with E-state index in [1.54, 1.807) is 31.2 Å². The van der Waals surface area contributed by atoms with Crippen molar-refractivity contribution in [1.82, 2.24) is 10.2 Å². The Bertz CT molecular complexity index is 1480. The number of benzene rings is 3. The first-order valence-corrected chi connectivity index (χ1v) is 13.9. The van der Waals surface area contributed by atoms with Gasteiger partial charge in [-0.25, -0.2) is 12.8 Å². The molecule has 1 aliphatic heterocycles. The number of nitrogens with zero attached hydrogens (tertiary/aromatic N) is 2. The lowest BCUT2D eigenvalue weighted by Crippen LogP contribution is -2.50. The van der Waals surface area contributed by atoms with Crippen LogP contribution in [0.1, 0.15) is 12.5 Å². The number of carbonyl (C=O) groups is 2. The Balaban J connectivity index is 1.72. The van der Waals surface area contributed by atoms with E-state index in [1.165, 1.54) is 49.4 Å². The molecule has 0 fully saturated rings. The number of fused-ring (bicyclic) bond motifs is 1. The summed E-state index contributed by atoms with van der Waals surface area (Å²) in [6.45, 7) is 1.49. The second kappa shape index (κ2) is 12.2. The molecule has 0 aromatic heterocycles. The average molecular weight is 572 g/mol. The number of anilines is 1. The van der Waals surface area contributed by atoms with E-state index in [0.717, 1.165) is 16.4 Å². The quantitative estimate of drug-likeness (QED) is 0.398. The highest BCUT2D eigenvalue weighted by Gasteiger charge is 2.33. The van der Waals surface area contributed by atoms with E-state index in [0.29, 0.717) is 23.7 Å². The third-order valence-electron chi connectivity index (χ3n) is 6.40. The SMILES string of the molecule is CNC(=O)[C@@H](C)N(Cc1cccc(OC)c1)C(=O)CN(c1ccc(F)cc1)S(=O)(=O)c1ccc2c(c1)OCCO2. The monoisotopic (exact) mass is 571 g/mol. The molecule has 0 bridgehead atoms. The first-order valence-electron chi connectivity index (χ1n) is 12.5. The van der Waals surface area contributed by atoms with E-state index >= 15 is 0 Å². The van der Waals surface area contributed by atoms with Gasteiger partial charge in [-0.15, -0.1) is 0 Å². The van der Waals surface area contributed by atoms with E-state index in [1.807, 2.05) is 0 Å². The van der Waals surface area contributed by atoms with Crippen molar-refractivity contribution >= 4 is 27.5 Å². The summed E-state index contributed by atoms with van der Waals surface area (Å²) in [6.07, 6.45) is 0. The van der Waals surface area contributed by atoms with E-state index in [4.69, 9.17) is 14.2 Å². The molecule has 12 heteroatoms. The van der Waals surface area contributed by atoms with E-state index in [-0.39, 0.29) is 29.5 Å². The molecule has 10 nitrogen and oxygen atoms in total. The molecular formula is C28H30FN3O7S. The van der Waals surface area contributed by atoms with E-state index < -0.39 is 40.2 Å². The molecule has 1 atom stereocenters. The first-order chi connectivity index (χ1) is 19.1. The van der Waals surface area contributed by atoms with Crippen LogP contribution in [0.3, 0.4) is 0 Å². The predicted octanol–water partition coefficient (Wildman–Crippen LogP) is 2.96. The minimum atomic E-state index is -4.36. The van der Waals surface area contributed by atoms with Gasteiger partial charge in [0.2, 0.25) is 11.8 Å². The van der Waals surface area contributed by atoms with Crippen LogP contribution in [0.5, 0.6) is 17.2 Å². The van der Waals surface area contributed by atoms with Crippen molar-refractivity contribution in [2.75, 3.05) is 38.2 Å². The second-order valence-electron chi connectivity index (χ2n) is 8.96. The largest absolute Gasteiger partial charge is 0.497 e. The lowest BCUT2D eigenvalue weighted by molar-refractivity contribution is -0.139. The number of hydrogen-bond acceptors (Lipinski definition) is 7. The summed E-state index contributed by atoms with van der Waals surface area (Å²) < 4.78 is 58.8. The number of halogens is 1. The standard InChI is InChI=1S/C28H30FN3O7S/c1-19(28(34)30-2)31(17-20-5-4-6-23(15-20)37-3)27(33)18-32(22-9-7-21(29)8-10-22)40(35,36)24-11-12-25-26(16-24)39-14-13-38-25/h4-12,15-16,19H,13-14,17-18H2,1-3H3,(H,30,34)/t19-/m1/s1. The van der Waals surface area contributed by atoms with Crippen LogP contribution in [0, 0.1) is 5.82 Å². The fourth-order valence-corrected chi connectivity index (χ4v) is 5.64. The molecule has 0 saturated carbocycles. The fraction of sp³-hybridized carbons (Fsp3) is 0.286. The van der Waals surface area contributed by atoms with Crippen LogP contribution in [-0.2, 0) is 26.2 Å². The third kappa shape index (κ3) is 6.28. The Labute approximate surface area is 232 Å². The molecule has 1 aliphatic rings. The normalized spacial score (nSPS) is 13.2. The average Bonchev–Trinajstić information content (AvgIpc) is 2.98. The van der Waals surface area contributed by atoms with Gasteiger partial charge in [0, 0.05) is 19.7 Å². The van der Waals surface area contributed by atoms with E-state index in [9.17, 15) is 22.4 Å². The van der Waals surface area contributed by atoms with Gasteiger partial charge in [-0.3, -0.25) is 13.9 Å². The highest BCUT2D eigenvalue weighted by Crippen LogP contribution is 2.34. The number of amides is 2.